The van der Waals surface area contributed by atoms with Gasteiger partial charge in [0, 0.05) is 84.2 Å². The van der Waals surface area contributed by atoms with E-state index >= 15 is 0 Å². The second-order valence-corrected chi connectivity index (χ2v) is 21.2. The van der Waals surface area contributed by atoms with E-state index in [1.807, 2.05) is 24.3 Å². The summed E-state index contributed by atoms with van der Waals surface area (Å²) in [5.41, 5.74) is 17.0. The lowest BCUT2D eigenvalue weighted by molar-refractivity contribution is 0.239. The first-order chi connectivity index (χ1) is 38.2. The van der Waals surface area contributed by atoms with Gasteiger partial charge in [0.15, 0.2) is 0 Å². The minimum atomic E-state index is 0.00562. The van der Waals surface area contributed by atoms with Crippen molar-refractivity contribution in [3.8, 4) is 39.7 Å². The van der Waals surface area contributed by atoms with Crippen LogP contribution in [0.3, 0.4) is 0 Å². The lowest BCUT2D eigenvalue weighted by Gasteiger charge is -2.26. The highest BCUT2D eigenvalue weighted by atomic mass is 16.5. The van der Waals surface area contributed by atoms with Gasteiger partial charge in [0.2, 0.25) is 0 Å². The number of rotatable bonds is 12. The SMILES string of the molecule is CC(C)c1ccc(N(c2ccc(-c3cc4ccccc4o3)cc2)c2ccc(-c3cc4ccc5c(ccc6cc(-c7ccc(N(c8ccc(C(C)C)cc8)c8ccc(C9Cc%10ccccc%10O9)cc8)cc7)oc65)c4o3)cc2)cc1. The average Bonchev–Trinajstić information content (AvgIpc) is 4.37. The van der Waals surface area contributed by atoms with E-state index < -0.39 is 0 Å². The van der Waals surface area contributed by atoms with Gasteiger partial charge in [0.25, 0.3) is 0 Å². The average molecular weight is 1010 g/mol. The zero-order chi connectivity index (χ0) is 52.4. The predicted octanol–water partition coefficient (Wildman–Crippen LogP) is 20.9. The fraction of sp³-hybridized carbons (Fsp3) is 0.111. The van der Waals surface area contributed by atoms with Gasteiger partial charge in [-0.1, -0.05) is 113 Å². The molecule has 378 valence electrons. The van der Waals surface area contributed by atoms with Crippen molar-refractivity contribution in [2.75, 3.05) is 9.80 Å². The lowest BCUT2D eigenvalue weighted by atomic mass is 10.0. The molecule has 1 unspecified atom stereocenters. The molecule has 4 heterocycles. The summed E-state index contributed by atoms with van der Waals surface area (Å²) >= 11 is 0. The number of anilines is 6. The van der Waals surface area contributed by atoms with Crippen LogP contribution >= 0.6 is 0 Å². The number of para-hydroxylation sites is 2. The van der Waals surface area contributed by atoms with Crippen molar-refractivity contribution < 1.29 is 18.0 Å². The van der Waals surface area contributed by atoms with Crippen LogP contribution in [0.1, 0.15) is 67.9 Å². The highest BCUT2D eigenvalue weighted by Gasteiger charge is 2.25. The van der Waals surface area contributed by atoms with Crippen molar-refractivity contribution in [3.05, 3.63) is 259 Å². The Morgan fingerprint density at radius 3 is 1.22 bits per heavy atom. The lowest BCUT2D eigenvalue weighted by Crippen LogP contribution is -2.11. The first-order valence-corrected chi connectivity index (χ1v) is 27.1. The smallest absolute Gasteiger partial charge is 0.142 e. The van der Waals surface area contributed by atoms with Crippen molar-refractivity contribution in [3.63, 3.8) is 0 Å². The quantitative estimate of drug-likeness (QED) is 0.122. The molecular formula is C72H56N2O4. The summed E-state index contributed by atoms with van der Waals surface area (Å²) in [5, 5.41) is 5.19. The van der Waals surface area contributed by atoms with Crippen molar-refractivity contribution in [2.24, 2.45) is 0 Å². The van der Waals surface area contributed by atoms with Crippen molar-refractivity contribution in [2.45, 2.75) is 52.1 Å². The van der Waals surface area contributed by atoms with Crippen LogP contribution < -0.4 is 14.5 Å². The van der Waals surface area contributed by atoms with Crippen LogP contribution in [0.15, 0.2) is 250 Å². The molecule has 0 saturated carbocycles. The molecular weight excluding hydrogens is 957 g/mol. The van der Waals surface area contributed by atoms with E-state index in [2.05, 4.69) is 250 Å². The fourth-order valence-electron chi connectivity index (χ4n) is 11.3. The summed E-state index contributed by atoms with van der Waals surface area (Å²) in [6.45, 7) is 8.92. The van der Waals surface area contributed by atoms with Gasteiger partial charge in [0.05, 0.1) is 0 Å². The molecule has 0 N–H and O–H groups in total. The molecule has 0 saturated heterocycles. The van der Waals surface area contributed by atoms with Gasteiger partial charge in [0.1, 0.15) is 45.9 Å². The van der Waals surface area contributed by atoms with Crippen LogP contribution in [-0.4, -0.2) is 0 Å². The molecule has 6 nitrogen and oxygen atoms in total. The predicted molar refractivity (Wildman–Crippen MR) is 321 cm³/mol. The van der Waals surface area contributed by atoms with Gasteiger partial charge < -0.3 is 27.8 Å². The Bertz CT molecular complexity index is 4240. The number of nitrogens with zero attached hydrogens (tertiary/aromatic N) is 2. The zero-order valence-corrected chi connectivity index (χ0v) is 44.0. The Balaban J connectivity index is 0.743. The number of furan rings is 3. The van der Waals surface area contributed by atoms with E-state index in [4.69, 9.17) is 18.0 Å². The van der Waals surface area contributed by atoms with Crippen LogP contribution in [0.5, 0.6) is 5.75 Å². The van der Waals surface area contributed by atoms with Crippen molar-refractivity contribution in [1.82, 2.24) is 0 Å². The summed E-state index contributed by atoms with van der Waals surface area (Å²) < 4.78 is 26.2. The van der Waals surface area contributed by atoms with Crippen molar-refractivity contribution >= 4 is 77.8 Å². The number of hydrogen-bond donors (Lipinski definition) is 0. The van der Waals surface area contributed by atoms with Gasteiger partial charge in [-0.3, -0.25) is 0 Å². The maximum atomic E-state index is 6.79. The molecule has 1 aliphatic rings. The van der Waals surface area contributed by atoms with Crippen LogP contribution in [0.4, 0.5) is 34.1 Å². The highest BCUT2D eigenvalue weighted by molar-refractivity contribution is 6.15. The largest absolute Gasteiger partial charge is 0.485 e. The van der Waals surface area contributed by atoms with E-state index in [0.29, 0.717) is 11.8 Å². The maximum Gasteiger partial charge on any atom is 0.142 e. The molecule has 14 rings (SSSR count). The minimum absolute atomic E-state index is 0.00562. The standard InChI is InChI=1S/C72H56N2O4/c1-45(2)47-13-27-57(28-14-47)73(59-31-17-49(18-32-59)67-41-53-9-5-7-11-65(53)75-67)61-35-21-51(22-36-61)69-43-55-25-39-64-63(71(55)77-69)40-26-56-44-70(78-72(56)64)52-23-37-62(38-24-52)74(58-29-15-48(16-30-58)46(3)4)60-33-19-50(20-34-60)68-42-54-10-6-8-12-66(54)76-68/h5-41,43-46,68H,42H2,1-4H3. The Morgan fingerprint density at radius 1 is 0.372 bits per heavy atom. The number of ether oxygens (including phenoxy) is 1. The van der Waals surface area contributed by atoms with Gasteiger partial charge >= 0.3 is 0 Å². The molecule has 6 heteroatoms. The second-order valence-electron chi connectivity index (χ2n) is 21.2. The van der Waals surface area contributed by atoms with E-state index in [9.17, 15) is 0 Å². The topological polar surface area (TPSA) is 55.1 Å². The molecule has 1 aliphatic heterocycles. The maximum absolute atomic E-state index is 6.79. The highest BCUT2D eigenvalue weighted by Crippen LogP contribution is 2.44. The molecule has 0 fully saturated rings. The first-order valence-electron chi connectivity index (χ1n) is 27.1. The summed E-state index contributed by atoms with van der Waals surface area (Å²) in [5.74, 6) is 4.33. The molecule has 13 aromatic rings. The van der Waals surface area contributed by atoms with Crippen LogP contribution in [0.2, 0.25) is 0 Å². The van der Waals surface area contributed by atoms with Crippen LogP contribution in [-0.2, 0) is 6.42 Å². The van der Waals surface area contributed by atoms with Gasteiger partial charge in [-0.05, 0) is 186 Å². The molecule has 3 aromatic heterocycles. The molecule has 0 bridgehead atoms. The fourth-order valence-corrected chi connectivity index (χ4v) is 11.3. The third kappa shape index (κ3) is 8.56. The Morgan fingerprint density at radius 2 is 0.769 bits per heavy atom. The monoisotopic (exact) mass is 1010 g/mol. The molecule has 0 aliphatic carbocycles. The van der Waals surface area contributed by atoms with E-state index in [1.165, 1.54) is 22.3 Å². The van der Waals surface area contributed by atoms with E-state index in [-0.39, 0.29) is 6.10 Å². The van der Waals surface area contributed by atoms with Crippen molar-refractivity contribution in [1.29, 1.82) is 0 Å². The molecule has 0 spiro atoms. The zero-order valence-electron chi connectivity index (χ0n) is 44.0. The van der Waals surface area contributed by atoms with E-state index in [0.717, 1.165) is 124 Å². The first kappa shape index (κ1) is 47.0. The number of benzene rings is 10. The molecule has 78 heavy (non-hydrogen) atoms. The summed E-state index contributed by atoms with van der Waals surface area (Å²) in [6, 6.07) is 84.1. The Kier molecular flexibility index (Phi) is 11.6. The Hall–Kier alpha value is -9.52. The molecule has 1 atom stereocenters. The summed E-state index contributed by atoms with van der Waals surface area (Å²) in [7, 11) is 0. The normalized spacial score (nSPS) is 13.3. The van der Waals surface area contributed by atoms with Crippen LogP contribution in [0.25, 0.3) is 77.7 Å². The van der Waals surface area contributed by atoms with Gasteiger partial charge in [-0.2, -0.15) is 0 Å². The summed E-state index contributed by atoms with van der Waals surface area (Å²) in [6.07, 6.45) is 0.879. The molecule has 0 amide bonds. The number of fused-ring (bicyclic) bond motifs is 7. The molecule has 0 radical (unpaired) electrons. The van der Waals surface area contributed by atoms with Gasteiger partial charge in [-0.15, -0.1) is 0 Å². The third-order valence-electron chi connectivity index (χ3n) is 15.6. The van der Waals surface area contributed by atoms with Crippen LogP contribution in [0, 0.1) is 0 Å². The Labute approximate surface area is 454 Å². The number of hydrogen-bond acceptors (Lipinski definition) is 6. The van der Waals surface area contributed by atoms with E-state index in [1.54, 1.807) is 0 Å². The third-order valence-corrected chi connectivity index (χ3v) is 15.6. The second kappa shape index (κ2) is 19.2. The molecule has 10 aromatic carbocycles. The van der Waals surface area contributed by atoms with Gasteiger partial charge in [-0.25, -0.2) is 0 Å². The minimum Gasteiger partial charge on any atom is -0.485 e. The summed E-state index contributed by atoms with van der Waals surface area (Å²) in [4.78, 5) is 4.62.